The first kappa shape index (κ1) is 20.8. The molecule has 150 valence electrons. The summed E-state index contributed by atoms with van der Waals surface area (Å²) in [6.07, 6.45) is 0. The maximum atomic E-state index is 13.0. The lowest BCUT2D eigenvalue weighted by Crippen LogP contribution is -2.26. The molecule has 0 saturated heterocycles. The molecule has 29 heavy (non-hydrogen) atoms. The minimum Gasteiger partial charge on any atom is -0.337 e. The summed E-state index contributed by atoms with van der Waals surface area (Å²) in [7, 11) is -2.19. The van der Waals surface area contributed by atoms with Crippen molar-refractivity contribution in [2.45, 2.75) is 11.4 Å². The summed E-state index contributed by atoms with van der Waals surface area (Å²) < 4.78 is 40.5. The fourth-order valence-corrected chi connectivity index (χ4v) is 3.87. The standard InChI is InChI=1S/C21H18ClFN2O3S/c1-25(14-15-5-9-18(23)10-6-15)21(26)16-3-2-4-19(13-16)24-29(27,28)20-11-7-17(22)8-12-20/h2-13,24H,14H2,1H3. The van der Waals surface area contributed by atoms with E-state index >= 15 is 0 Å². The second kappa shape index (κ2) is 8.63. The van der Waals surface area contributed by atoms with Crippen LogP contribution in [0.3, 0.4) is 0 Å². The van der Waals surface area contributed by atoms with E-state index in [1.54, 1.807) is 37.4 Å². The minimum absolute atomic E-state index is 0.0621. The molecule has 3 rings (SSSR count). The summed E-state index contributed by atoms with van der Waals surface area (Å²) in [5.74, 6) is -0.634. The largest absolute Gasteiger partial charge is 0.337 e. The van der Waals surface area contributed by atoms with Gasteiger partial charge in [0.1, 0.15) is 5.82 Å². The summed E-state index contributed by atoms with van der Waals surface area (Å²) in [6.45, 7) is 0.292. The van der Waals surface area contributed by atoms with E-state index in [1.807, 2.05) is 0 Å². The van der Waals surface area contributed by atoms with E-state index in [0.717, 1.165) is 5.56 Å². The number of carbonyl (C=O) groups is 1. The summed E-state index contributed by atoms with van der Waals surface area (Å²) in [6, 6.07) is 17.9. The Bertz CT molecular complexity index is 1120. The van der Waals surface area contributed by atoms with Gasteiger partial charge in [0.15, 0.2) is 0 Å². The normalized spacial score (nSPS) is 11.1. The summed E-state index contributed by atoms with van der Waals surface area (Å²) in [5.41, 5.74) is 1.37. The van der Waals surface area contributed by atoms with Gasteiger partial charge in [-0.15, -0.1) is 0 Å². The van der Waals surface area contributed by atoms with Crippen molar-refractivity contribution in [3.8, 4) is 0 Å². The van der Waals surface area contributed by atoms with E-state index in [4.69, 9.17) is 11.6 Å². The van der Waals surface area contributed by atoms with Crippen molar-refractivity contribution in [1.29, 1.82) is 0 Å². The van der Waals surface area contributed by atoms with Crippen LogP contribution in [0.15, 0.2) is 77.7 Å². The Hall–Kier alpha value is -2.90. The fraction of sp³-hybridized carbons (Fsp3) is 0.0952. The van der Waals surface area contributed by atoms with Crippen LogP contribution in [0.5, 0.6) is 0 Å². The highest BCUT2D eigenvalue weighted by Crippen LogP contribution is 2.20. The fourth-order valence-electron chi connectivity index (χ4n) is 2.70. The molecule has 0 aliphatic heterocycles. The van der Waals surface area contributed by atoms with Crippen molar-refractivity contribution in [2.75, 3.05) is 11.8 Å². The molecule has 5 nitrogen and oxygen atoms in total. The predicted molar refractivity (Wildman–Crippen MR) is 111 cm³/mol. The van der Waals surface area contributed by atoms with Gasteiger partial charge in [0.25, 0.3) is 15.9 Å². The summed E-state index contributed by atoms with van der Waals surface area (Å²) in [5, 5.41) is 0.431. The topological polar surface area (TPSA) is 66.5 Å². The molecule has 8 heteroatoms. The van der Waals surface area contributed by atoms with Crippen LogP contribution in [0.4, 0.5) is 10.1 Å². The predicted octanol–water partition coefficient (Wildman–Crippen LogP) is 4.55. The number of amides is 1. The maximum absolute atomic E-state index is 13.0. The van der Waals surface area contributed by atoms with Crippen LogP contribution < -0.4 is 4.72 Å². The highest BCUT2D eigenvalue weighted by atomic mass is 35.5. The van der Waals surface area contributed by atoms with Gasteiger partial charge >= 0.3 is 0 Å². The Morgan fingerprint density at radius 2 is 1.69 bits per heavy atom. The molecule has 1 amide bonds. The monoisotopic (exact) mass is 432 g/mol. The van der Waals surface area contributed by atoms with Crippen LogP contribution in [0.25, 0.3) is 0 Å². The average molecular weight is 433 g/mol. The molecule has 0 spiro atoms. The first-order chi connectivity index (χ1) is 13.7. The third kappa shape index (κ3) is 5.34. The van der Waals surface area contributed by atoms with Gasteiger partial charge in [0.2, 0.25) is 0 Å². The van der Waals surface area contributed by atoms with Crippen LogP contribution in [0.2, 0.25) is 5.02 Å². The van der Waals surface area contributed by atoms with Gasteiger partial charge in [-0.25, -0.2) is 12.8 Å². The molecule has 0 heterocycles. The first-order valence-corrected chi connectivity index (χ1v) is 10.5. The Balaban J connectivity index is 1.75. The summed E-state index contributed by atoms with van der Waals surface area (Å²) in [4.78, 5) is 14.2. The first-order valence-electron chi connectivity index (χ1n) is 8.63. The number of anilines is 1. The number of carbonyl (C=O) groups excluding carboxylic acids is 1. The molecule has 3 aromatic carbocycles. The van der Waals surface area contributed by atoms with Gasteiger partial charge in [-0.2, -0.15) is 0 Å². The van der Waals surface area contributed by atoms with Crippen LogP contribution >= 0.6 is 11.6 Å². The van der Waals surface area contributed by atoms with Gasteiger partial charge in [0, 0.05) is 29.9 Å². The van der Waals surface area contributed by atoms with Crippen molar-refractivity contribution in [3.63, 3.8) is 0 Å². The van der Waals surface area contributed by atoms with Crippen molar-refractivity contribution in [1.82, 2.24) is 4.90 Å². The number of sulfonamides is 1. The number of hydrogen-bond donors (Lipinski definition) is 1. The molecule has 0 atom stereocenters. The van der Waals surface area contributed by atoms with Gasteiger partial charge in [-0.05, 0) is 60.2 Å². The highest BCUT2D eigenvalue weighted by Gasteiger charge is 2.17. The van der Waals surface area contributed by atoms with E-state index < -0.39 is 10.0 Å². The number of nitrogens with one attached hydrogen (secondary N) is 1. The number of halogens is 2. The molecular weight excluding hydrogens is 415 g/mol. The lowest BCUT2D eigenvalue weighted by Gasteiger charge is -2.18. The van der Waals surface area contributed by atoms with Gasteiger partial charge in [-0.3, -0.25) is 9.52 Å². The zero-order valence-electron chi connectivity index (χ0n) is 15.5. The van der Waals surface area contributed by atoms with Crippen LogP contribution in [0, 0.1) is 5.82 Å². The number of benzene rings is 3. The number of rotatable bonds is 6. The third-order valence-corrected chi connectivity index (χ3v) is 5.81. The van der Waals surface area contributed by atoms with E-state index in [0.29, 0.717) is 17.1 Å². The molecule has 0 aliphatic rings. The molecule has 1 N–H and O–H groups in total. The maximum Gasteiger partial charge on any atom is 0.261 e. The van der Waals surface area contributed by atoms with Crippen molar-refractivity contribution < 1.29 is 17.6 Å². The second-order valence-corrected chi connectivity index (χ2v) is 8.55. The lowest BCUT2D eigenvalue weighted by atomic mass is 10.1. The number of hydrogen-bond acceptors (Lipinski definition) is 3. The molecular formula is C21H18ClFN2O3S. The SMILES string of the molecule is CN(Cc1ccc(F)cc1)C(=O)c1cccc(NS(=O)(=O)c2ccc(Cl)cc2)c1. The second-order valence-electron chi connectivity index (χ2n) is 6.43. The minimum atomic E-state index is -3.81. The third-order valence-electron chi connectivity index (χ3n) is 4.17. The molecule has 0 aromatic heterocycles. The van der Waals surface area contributed by atoms with E-state index in [9.17, 15) is 17.6 Å². The summed E-state index contributed by atoms with van der Waals surface area (Å²) >= 11 is 5.80. The zero-order valence-corrected chi connectivity index (χ0v) is 17.0. The molecule has 0 unspecified atom stereocenters. The lowest BCUT2D eigenvalue weighted by molar-refractivity contribution is 0.0785. The molecule has 0 fully saturated rings. The smallest absolute Gasteiger partial charge is 0.261 e. The molecule has 0 saturated carbocycles. The molecule has 3 aromatic rings. The molecule has 0 bridgehead atoms. The van der Waals surface area contributed by atoms with Crippen molar-refractivity contribution in [2.24, 2.45) is 0 Å². The highest BCUT2D eigenvalue weighted by molar-refractivity contribution is 7.92. The van der Waals surface area contributed by atoms with Gasteiger partial charge < -0.3 is 4.90 Å². The van der Waals surface area contributed by atoms with Crippen molar-refractivity contribution >= 4 is 33.2 Å². The van der Waals surface area contributed by atoms with E-state index in [1.165, 1.54) is 47.4 Å². The van der Waals surface area contributed by atoms with E-state index in [-0.39, 0.29) is 22.3 Å². The van der Waals surface area contributed by atoms with E-state index in [2.05, 4.69) is 4.72 Å². The zero-order chi connectivity index (χ0) is 21.0. The molecule has 0 aliphatic carbocycles. The Kier molecular flexibility index (Phi) is 6.20. The van der Waals surface area contributed by atoms with Gasteiger partial charge in [0.05, 0.1) is 4.90 Å². The van der Waals surface area contributed by atoms with Crippen LogP contribution in [-0.4, -0.2) is 26.3 Å². The van der Waals surface area contributed by atoms with Crippen LogP contribution in [-0.2, 0) is 16.6 Å². The molecule has 0 radical (unpaired) electrons. The Morgan fingerprint density at radius 3 is 2.34 bits per heavy atom. The van der Waals surface area contributed by atoms with Gasteiger partial charge in [-0.1, -0.05) is 29.8 Å². The van der Waals surface area contributed by atoms with Crippen LogP contribution in [0.1, 0.15) is 15.9 Å². The Labute approximate surface area is 173 Å². The van der Waals surface area contributed by atoms with Crippen molar-refractivity contribution in [3.05, 3.63) is 94.8 Å². The quantitative estimate of drug-likeness (QED) is 0.621. The average Bonchev–Trinajstić information content (AvgIpc) is 2.69. The Morgan fingerprint density at radius 1 is 1.03 bits per heavy atom. The number of nitrogens with zero attached hydrogens (tertiary/aromatic N) is 1.